The van der Waals surface area contributed by atoms with Gasteiger partial charge in [0.15, 0.2) is 0 Å². The highest BCUT2D eigenvalue weighted by molar-refractivity contribution is 5.95. The molecule has 0 radical (unpaired) electrons. The van der Waals surface area contributed by atoms with E-state index < -0.39 is 0 Å². The summed E-state index contributed by atoms with van der Waals surface area (Å²) in [4.78, 5) is 14.8. The molecule has 1 fully saturated rings. The predicted octanol–water partition coefficient (Wildman–Crippen LogP) is 2.30. The van der Waals surface area contributed by atoms with Gasteiger partial charge in [-0.15, -0.1) is 0 Å². The number of ether oxygens (including phenoxy) is 1. The fourth-order valence-electron chi connectivity index (χ4n) is 2.67. The minimum atomic E-state index is 0.107. The fourth-order valence-corrected chi connectivity index (χ4v) is 2.67. The first-order chi connectivity index (χ1) is 9.69. The second-order valence-corrected chi connectivity index (χ2v) is 5.26. The second kappa shape index (κ2) is 6.75. The van der Waals surface area contributed by atoms with Gasteiger partial charge in [-0.2, -0.15) is 0 Å². The smallest absolute Gasteiger partial charge is 0.254 e. The topological polar surface area (TPSA) is 41.6 Å². The molecule has 0 saturated carbocycles. The molecule has 1 N–H and O–H groups in total. The van der Waals surface area contributed by atoms with Crippen molar-refractivity contribution in [2.75, 3.05) is 20.2 Å². The predicted molar refractivity (Wildman–Crippen MR) is 80.2 cm³/mol. The summed E-state index contributed by atoms with van der Waals surface area (Å²) in [5.74, 6) is 0.835. The van der Waals surface area contributed by atoms with E-state index in [1.165, 1.54) is 0 Å². The zero-order valence-corrected chi connectivity index (χ0v) is 12.6. The molecule has 0 bridgehead atoms. The Morgan fingerprint density at radius 3 is 2.85 bits per heavy atom. The molecule has 2 atom stereocenters. The zero-order chi connectivity index (χ0) is 14.5. The molecule has 1 aromatic rings. The molecule has 110 valence electrons. The van der Waals surface area contributed by atoms with Gasteiger partial charge in [-0.25, -0.2) is 0 Å². The van der Waals surface area contributed by atoms with Crippen LogP contribution in [0.4, 0.5) is 0 Å². The van der Waals surface area contributed by atoms with Crippen LogP contribution in [0.2, 0.25) is 0 Å². The van der Waals surface area contributed by atoms with E-state index in [1.807, 2.05) is 29.2 Å². The number of methoxy groups -OCH3 is 1. The summed E-state index contributed by atoms with van der Waals surface area (Å²) in [5, 5.41) is 3.51. The number of piperazine rings is 1. The molecule has 0 aromatic heterocycles. The summed E-state index contributed by atoms with van der Waals surface area (Å²) >= 11 is 0. The Bertz CT molecular complexity index is 462. The van der Waals surface area contributed by atoms with Gasteiger partial charge in [0.05, 0.1) is 7.11 Å². The van der Waals surface area contributed by atoms with Gasteiger partial charge in [-0.3, -0.25) is 4.79 Å². The number of carbonyl (C=O) groups excluding carboxylic acids is 1. The van der Waals surface area contributed by atoms with Gasteiger partial charge in [0, 0.05) is 30.7 Å². The van der Waals surface area contributed by atoms with Gasteiger partial charge >= 0.3 is 0 Å². The van der Waals surface area contributed by atoms with Gasteiger partial charge in [0.25, 0.3) is 5.91 Å². The zero-order valence-electron chi connectivity index (χ0n) is 12.6. The lowest BCUT2D eigenvalue weighted by Gasteiger charge is -2.40. The van der Waals surface area contributed by atoms with Crippen LogP contribution in [0.1, 0.15) is 37.0 Å². The molecule has 1 aliphatic heterocycles. The van der Waals surface area contributed by atoms with Crippen LogP contribution in [0.25, 0.3) is 0 Å². The van der Waals surface area contributed by atoms with E-state index in [0.29, 0.717) is 11.6 Å². The maximum atomic E-state index is 12.7. The summed E-state index contributed by atoms with van der Waals surface area (Å²) in [6.07, 6.45) is 2.01. The number of rotatable bonds is 4. The van der Waals surface area contributed by atoms with Gasteiger partial charge in [0.1, 0.15) is 5.75 Å². The molecule has 4 heteroatoms. The number of hydrogen-bond acceptors (Lipinski definition) is 3. The average molecular weight is 276 g/mol. The second-order valence-electron chi connectivity index (χ2n) is 5.26. The quantitative estimate of drug-likeness (QED) is 0.917. The summed E-state index contributed by atoms with van der Waals surface area (Å²) in [7, 11) is 1.62. The minimum absolute atomic E-state index is 0.107. The van der Waals surface area contributed by atoms with Crippen LogP contribution < -0.4 is 10.1 Å². The number of nitrogens with zero attached hydrogens (tertiary/aromatic N) is 1. The fraction of sp³-hybridized carbons (Fsp3) is 0.562. The van der Waals surface area contributed by atoms with Gasteiger partial charge < -0.3 is 15.0 Å². The third-order valence-electron chi connectivity index (χ3n) is 4.04. The Morgan fingerprint density at radius 2 is 2.20 bits per heavy atom. The Balaban J connectivity index is 2.19. The first-order valence-electron chi connectivity index (χ1n) is 7.38. The lowest BCUT2D eigenvalue weighted by molar-refractivity contribution is 0.0575. The van der Waals surface area contributed by atoms with Gasteiger partial charge in [-0.05, 0) is 31.0 Å². The van der Waals surface area contributed by atoms with Gasteiger partial charge in [-0.1, -0.05) is 19.9 Å². The molecule has 0 spiro atoms. The van der Waals surface area contributed by atoms with Crippen molar-refractivity contribution in [1.29, 1.82) is 0 Å². The monoisotopic (exact) mass is 276 g/mol. The number of benzene rings is 1. The van der Waals surface area contributed by atoms with Crippen LogP contribution in [-0.4, -0.2) is 43.1 Å². The highest BCUT2D eigenvalue weighted by Crippen LogP contribution is 2.19. The first-order valence-corrected chi connectivity index (χ1v) is 7.38. The van der Waals surface area contributed by atoms with Crippen LogP contribution in [0.3, 0.4) is 0 Å². The Hall–Kier alpha value is -1.55. The number of amides is 1. The highest BCUT2D eigenvalue weighted by atomic mass is 16.5. The van der Waals surface area contributed by atoms with Crippen LogP contribution in [-0.2, 0) is 0 Å². The van der Waals surface area contributed by atoms with Crippen molar-refractivity contribution in [3.05, 3.63) is 29.8 Å². The highest BCUT2D eigenvalue weighted by Gasteiger charge is 2.30. The van der Waals surface area contributed by atoms with E-state index in [0.717, 1.165) is 31.7 Å². The van der Waals surface area contributed by atoms with Crippen LogP contribution in [0.5, 0.6) is 5.75 Å². The Morgan fingerprint density at radius 1 is 1.40 bits per heavy atom. The van der Waals surface area contributed by atoms with E-state index >= 15 is 0 Å². The van der Waals surface area contributed by atoms with Crippen molar-refractivity contribution in [2.45, 2.75) is 38.8 Å². The maximum absolute atomic E-state index is 12.7. The number of nitrogens with one attached hydrogen (secondary N) is 1. The molecule has 1 aromatic carbocycles. The first kappa shape index (κ1) is 14.9. The molecule has 20 heavy (non-hydrogen) atoms. The number of carbonyl (C=O) groups is 1. The molecule has 1 heterocycles. The normalized spacial score (nSPS) is 22.6. The molecule has 1 amide bonds. The van der Waals surface area contributed by atoms with Crippen molar-refractivity contribution in [1.82, 2.24) is 10.2 Å². The van der Waals surface area contributed by atoms with Crippen LogP contribution in [0, 0.1) is 0 Å². The molecule has 2 unspecified atom stereocenters. The van der Waals surface area contributed by atoms with E-state index in [9.17, 15) is 4.79 Å². The van der Waals surface area contributed by atoms with Crippen molar-refractivity contribution >= 4 is 5.91 Å². The molecule has 0 aliphatic carbocycles. The van der Waals surface area contributed by atoms with Gasteiger partial charge in [0.2, 0.25) is 0 Å². The van der Waals surface area contributed by atoms with E-state index in [2.05, 4.69) is 19.2 Å². The maximum Gasteiger partial charge on any atom is 0.254 e. The number of hydrogen-bond donors (Lipinski definition) is 1. The Kier molecular flexibility index (Phi) is 5.01. The average Bonchev–Trinajstić information content (AvgIpc) is 2.53. The molecular formula is C16H24N2O2. The van der Waals surface area contributed by atoms with E-state index in [4.69, 9.17) is 4.74 Å². The van der Waals surface area contributed by atoms with Crippen LogP contribution >= 0.6 is 0 Å². The van der Waals surface area contributed by atoms with Crippen molar-refractivity contribution in [2.24, 2.45) is 0 Å². The third kappa shape index (κ3) is 3.12. The summed E-state index contributed by atoms with van der Waals surface area (Å²) in [5.41, 5.74) is 0.708. The molecule has 4 nitrogen and oxygen atoms in total. The molecule has 1 aliphatic rings. The largest absolute Gasteiger partial charge is 0.497 e. The van der Waals surface area contributed by atoms with Crippen molar-refractivity contribution in [3.8, 4) is 5.75 Å². The lowest BCUT2D eigenvalue weighted by Crippen LogP contribution is -2.57. The summed E-state index contributed by atoms with van der Waals surface area (Å²) in [6.45, 7) is 5.94. The molecular weight excluding hydrogens is 252 g/mol. The van der Waals surface area contributed by atoms with E-state index in [-0.39, 0.29) is 11.9 Å². The molecule has 2 rings (SSSR count). The SMILES string of the molecule is CCC1CN(C(=O)c2cccc(OC)c2)C(CC)CN1. The van der Waals surface area contributed by atoms with E-state index in [1.54, 1.807) is 7.11 Å². The van der Waals surface area contributed by atoms with Crippen molar-refractivity contribution < 1.29 is 9.53 Å². The Labute approximate surface area is 121 Å². The molecule has 1 saturated heterocycles. The minimum Gasteiger partial charge on any atom is -0.497 e. The lowest BCUT2D eigenvalue weighted by atomic mass is 10.0. The summed E-state index contributed by atoms with van der Waals surface area (Å²) in [6, 6.07) is 8.08. The third-order valence-corrected chi connectivity index (χ3v) is 4.04. The van der Waals surface area contributed by atoms with Crippen LogP contribution in [0.15, 0.2) is 24.3 Å². The van der Waals surface area contributed by atoms with Crippen molar-refractivity contribution in [3.63, 3.8) is 0 Å². The summed E-state index contributed by atoms with van der Waals surface area (Å²) < 4.78 is 5.20. The standard InChI is InChI=1S/C16H24N2O2/c1-4-13-11-18(14(5-2)10-17-13)16(19)12-7-6-8-15(9-12)20-3/h6-9,13-14,17H,4-5,10-11H2,1-3H3.